The highest BCUT2D eigenvalue weighted by molar-refractivity contribution is 5.43. The van der Waals surface area contributed by atoms with Crippen molar-refractivity contribution in [1.82, 2.24) is 9.97 Å². The van der Waals surface area contributed by atoms with Crippen molar-refractivity contribution in [3.63, 3.8) is 0 Å². The van der Waals surface area contributed by atoms with Gasteiger partial charge in [0, 0.05) is 24.6 Å². The van der Waals surface area contributed by atoms with Crippen LogP contribution in [-0.4, -0.2) is 34.3 Å². The van der Waals surface area contributed by atoms with Crippen LogP contribution in [0.3, 0.4) is 0 Å². The van der Waals surface area contributed by atoms with E-state index < -0.39 is 0 Å². The summed E-state index contributed by atoms with van der Waals surface area (Å²) in [4.78, 5) is 10.7. The van der Waals surface area contributed by atoms with Crippen LogP contribution in [-0.2, 0) is 5.41 Å². The SMILES string of the molecule is CCC(C)(C)c1cc(N2CC(O)C2)ncn1. The number of aliphatic hydroxyl groups excluding tert-OH is 1. The zero-order valence-corrected chi connectivity index (χ0v) is 10.1. The molecule has 0 spiro atoms. The average Bonchev–Trinajstić information content (AvgIpc) is 2.25. The summed E-state index contributed by atoms with van der Waals surface area (Å²) in [5.41, 5.74) is 1.16. The molecule has 1 saturated heterocycles. The maximum absolute atomic E-state index is 9.27. The number of aliphatic hydroxyl groups is 1. The predicted molar refractivity (Wildman–Crippen MR) is 63.6 cm³/mol. The number of nitrogens with zero attached hydrogens (tertiary/aromatic N) is 3. The number of anilines is 1. The van der Waals surface area contributed by atoms with E-state index in [1.165, 1.54) is 0 Å². The molecule has 1 aromatic heterocycles. The van der Waals surface area contributed by atoms with E-state index in [2.05, 4.69) is 35.6 Å². The van der Waals surface area contributed by atoms with Gasteiger partial charge in [0.25, 0.3) is 0 Å². The highest BCUT2D eigenvalue weighted by Crippen LogP contribution is 2.27. The molecule has 1 N–H and O–H groups in total. The minimum Gasteiger partial charge on any atom is -0.389 e. The summed E-state index contributed by atoms with van der Waals surface area (Å²) in [5.74, 6) is 0.928. The topological polar surface area (TPSA) is 49.2 Å². The summed E-state index contributed by atoms with van der Waals surface area (Å²) in [6.07, 6.45) is 2.47. The van der Waals surface area contributed by atoms with Crippen molar-refractivity contribution in [2.45, 2.75) is 38.7 Å². The molecule has 2 heterocycles. The molecular formula is C12H19N3O. The Morgan fingerprint density at radius 1 is 1.44 bits per heavy atom. The largest absolute Gasteiger partial charge is 0.389 e. The summed E-state index contributed by atoms with van der Waals surface area (Å²) >= 11 is 0. The van der Waals surface area contributed by atoms with Crippen molar-refractivity contribution < 1.29 is 5.11 Å². The molecule has 0 aliphatic carbocycles. The van der Waals surface area contributed by atoms with Gasteiger partial charge in [-0.05, 0) is 6.42 Å². The smallest absolute Gasteiger partial charge is 0.132 e. The minimum atomic E-state index is -0.197. The number of β-amino-alcohol motifs (C(OH)–C–C–N with tert-alkyl or cyclic N) is 1. The summed E-state index contributed by atoms with van der Waals surface area (Å²) in [6, 6.07) is 2.04. The highest BCUT2D eigenvalue weighted by Gasteiger charge is 2.27. The van der Waals surface area contributed by atoms with E-state index in [0.717, 1.165) is 17.9 Å². The van der Waals surface area contributed by atoms with Crippen LogP contribution in [0.25, 0.3) is 0 Å². The first-order valence-electron chi connectivity index (χ1n) is 5.78. The van der Waals surface area contributed by atoms with Gasteiger partial charge >= 0.3 is 0 Å². The Morgan fingerprint density at radius 2 is 2.12 bits per heavy atom. The van der Waals surface area contributed by atoms with Crippen LogP contribution in [0.2, 0.25) is 0 Å². The maximum Gasteiger partial charge on any atom is 0.132 e. The van der Waals surface area contributed by atoms with Crippen LogP contribution in [0.1, 0.15) is 32.9 Å². The Kier molecular flexibility index (Phi) is 2.84. The fourth-order valence-electron chi connectivity index (χ4n) is 1.71. The van der Waals surface area contributed by atoms with Crippen molar-refractivity contribution in [2.75, 3.05) is 18.0 Å². The van der Waals surface area contributed by atoms with E-state index in [-0.39, 0.29) is 11.5 Å². The lowest BCUT2D eigenvalue weighted by Gasteiger charge is -2.37. The van der Waals surface area contributed by atoms with Crippen molar-refractivity contribution in [3.05, 3.63) is 18.1 Å². The lowest BCUT2D eigenvalue weighted by atomic mass is 9.86. The van der Waals surface area contributed by atoms with E-state index in [1.807, 2.05) is 6.07 Å². The minimum absolute atomic E-state index is 0.0845. The van der Waals surface area contributed by atoms with E-state index in [4.69, 9.17) is 0 Å². The normalized spacial score (nSPS) is 17.4. The molecule has 1 aromatic rings. The standard InChI is InChI=1S/C12H19N3O/c1-4-12(2,3)10-5-11(14-8-13-10)15-6-9(16)7-15/h5,8-9,16H,4,6-7H2,1-3H3. The Labute approximate surface area is 96.3 Å². The van der Waals surface area contributed by atoms with E-state index in [9.17, 15) is 5.11 Å². The van der Waals surface area contributed by atoms with E-state index >= 15 is 0 Å². The fourth-order valence-corrected chi connectivity index (χ4v) is 1.71. The quantitative estimate of drug-likeness (QED) is 0.837. The van der Waals surface area contributed by atoms with Gasteiger partial charge in [-0.15, -0.1) is 0 Å². The van der Waals surface area contributed by atoms with E-state index in [1.54, 1.807) is 6.33 Å². The first kappa shape index (κ1) is 11.3. The molecule has 1 fully saturated rings. The van der Waals surface area contributed by atoms with E-state index in [0.29, 0.717) is 13.1 Å². The Morgan fingerprint density at radius 3 is 2.69 bits per heavy atom. The van der Waals surface area contributed by atoms with Crippen molar-refractivity contribution in [3.8, 4) is 0 Å². The molecule has 0 bridgehead atoms. The molecule has 1 aliphatic rings. The molecule has 0 atom stereocenters. The summed E-state index contributed by atoms with van der Waals surface area (Å²) < 4.78 is 0. The second kappa shape index (κ2) is 4.01. The second-order valence-corrected chi connectivity index (χ2v) is 5.06. The van der Waals surface area contributed by atoms with Crippen LogP contribution < -0.4 is 4.90 Å². The molecule has 4 nitrogen and oxygen atoms in total. The van der Waals surface area contributed by atoms with Crippen LogP contribution >= 0.6 is 0 Å². The second-order valence-electron chi connectivity index (χ2n) is 5.06. The van der Waals surface area contributed by atoms with Crippen LogP contribution in [0.5, 0.6) is 0 Å². The maximum atomic E-state index is 9.27. The molecule has 1 aliphatic heterocycles. The Balaban J connectivity index is 2.20. The van der Waals surface area contributed by atoms with Gasteiger partial charge in [-0.1, -0.05) is 20.8 Å². The van der Waals surface area contributed by atoms with Crippen molar-refractivity contribution >= 4 is 5.82 Å². The zero-order chi connectivity index (χ0) is 11.8. The highest BCUT2D eigenvalue weighted by atomic mass is 16.3. The molecular weight excluding hydrogens is 202 g/mol. The third-order valence-corrected chi connectivity index (χ3v) is 3.42. The van der Waals surface area contributed by atoms with Crippen LogP contribution in [0.4, 0.5) is 5.82 Å². The van der Waals surface area contributed by atoms with Crippen LogP contribution in [0, 0.1) is 0 Å². The van der Waals surface area contributed by atoms with Gasteiger partial charge in [0.2, 0.25) is 0 Å². The first-order chi connectivity index (χ1) is 7.53. The van der Waals surface area contributed by atoms with Gasteiger partial charge in [0.15, 0.2) is 0 Å². The van der Waals surface area contributed by atoms with Gasteiger partial charge in [-0.2, -0.15) is 0 Å². The van der Waals surface area contributed by atoms with Crippen molar-refractivity contribution in [1.29, 1.82) is 0 Å². The predicted octanol–water partition coefficient (Wildman–Crippen LogP) is 1.35. The van der Waals surface area contributed by atoms with Gasteiger partial charge in [0.1, 0.15) is 12.1 Å². The molecule has 0 amide bonds. The van der Waals surface area contributed by atoms with Crippen molar-refractivity contribution in [2.24, 2.45) is 0 Å². The first-order valence-corrected chi connectivity index (χ1v) is 5.78. The monoisotopic (exact) mass is 221 g/mol. The molecule has 0 radical (unpaired) electrons. The molecule has 88 valence electrons. The van der Waals surface area contributed by atoms with Gasteiger partial charge in [-0.25, -0.2) is 9.97 Å². The molecule has 4 heteroatoms. The Hall–Kier alpha value is -1.16. The van der Waals surface area contributed by atoms with Gasteiger partial charge < -0.3 is 10.0 Å². The molecule has 16 heavy (non-hydrogen) atoms. The number of hydrogen-bond donors (Lipinski definition) is 1. The summed E-state index contributed by atoms with van der Waals surface area (Å²) in [7, 11) is 0. The summed E-state index contributed by atoms with van der Waals surface area (Å²) in [5, 5.41) is 9.27. The Bertz CT molecular complexity index is 372. The number of aromatic nitrogens is 2. The molecule has 0 unspecified atom stereocenters. The summed E-state index contributed by atoms with van der Waals surface area (Å²) in [6.45, 7) is 7.90. The lowest BCUT2D eigenvalue weighted by molar-refractivity contribution is 0.141. The lowest BCUT2D eigenvalue weighted by Crippen LogP contribution is -2.51. The fraction of sp³-hybridized carbons (Fsp3) is 0.667. The average molecular weight is 221 g/mol. The van der Waals surface area contributed by atoms with Crippen LogP contribution in [0.15, 0.2) is 12.4 Å². The molecule has 0 saturated carbocycles. The number of rotatable bonds is 3. The zero-order valence-electron chi connectivity index (χ0n) is 10.1. The molecule has 0 aromatic carbocycles. The molecule has 2 rings (SSSR count). The van der Waals surface area contributed by atoms with Gasteiger partial charge in [0.05, 0.1) is 11.8 Å². The third-order valence-electron chi connectivity index (χ3n) is 3.42. The number of hydrogen-bond acceptors (Lipinski definition) is 4. The third kappa shape index (κ3) is 2.02. The van der Waals surface area contributed by atoms with Gasteiger partial charge in [-0.3, -0.25) is 0 Å².